The van der Waals surface area contributed by atoms with E-state index in [1.165, 1.54) is 11.3 Å². The highest BCUT2D eigenvalue weighted by molar-refractivity contribution is 7.15. The van der Waals surface area contributed by atoms with Crippen LogP contribution in [0.15, 0.2) is 18.2 Å². The number of hydrogen-bond acceptors (Lipinski definition) is 6. The van der Waals surface area contributed by atoms with Crippen molar-refractivity contribution in [3.63, 3.8) is 0 Å². The number of nitriles is 1. The average Bonchev–Trinajstić information content (AvgIpc) is 3.23. The highest BCUT2D eigenvalue weighted by Gasteiger charge is 2.27. The topological polar surface area (TPSA) is 69.3 Å². The number of aromatic nitrogens is 2. The summed E-state index contributed by atoms with van der Waals surface area (Å²) >= 11 is 1.40. The molecule has 0 fully saturated rings. The maximum atomic E-state index is 9.41. The summed E-state index contributed by atoms with van der Waals surface area (Å²) in [5, 5.41) is 10.3. The molecule has 1 aliphatic carbocycles. The van der Waals surface area contributed by atoms with Gasteiger partial charge in [0.05, 0.1) is 24.6 Å². The number of nitrogens with zero attached hydrogens (tertiary/aromatic N) is 3. The zero-order valence-electron chi connectivity index (χ0n) is 14.8. The van der Waals surface area contributed by atoms with Gasteiger partial charge in [0.15, 0.2) is 5.75 Å². The van der Waals surface area contributed by atoms with Crippen LogP contribution in [0.5, 0.6) is 5.75 Å². The lowest BCUT2D eigenvalue weighted by Crippen LogP contribution is -2.23. The lowest BCUT2D eigenvalue weighted by Gasteiger charge is -2.22. The third-order valence-electron chi connectivity index (χ3n) is 4.32. The van der Waals surface area contributed by atoms with E-state index in [0.717, 1.165) is 28.6 Å². The molecule has 1 unspecified atom stereocenters. The predicted molar refractivity (Wildman–Crippen MR) is 96.0 cm³/mol. The minimum atomic E-state index is -0.140. The summed E-state index contributed by atoms with van der Waals surface area (Å²) in [5.41, 5.74) is 1.90. The highest BCUT2D eigenvalue weighted by atomic mass is 32.1. The number of hydrogen-bond donors (Lipinski definition) is 0. The summed E-state index contributed by atoms with van der Waals surface area (Å²) in [6.07, 6.45) is 5.14. The van der Waals surface area contributed by atoms with Crippen molar-refractivity contribution in [3.8, 4) is 16.8 Å². The van der Waals surface area contributed by atoms with Crippen molar-refractivity contribution in [1.82, 2.24) is 9.55 Å². The zero-order chi connectivity index (χ0) is 18.0. The normalized spacial score (nSPS) is 17.4. The number of ether oxygens (including phenoxy) is 3. The average molecular weight is 359 g/mol. The predicted octanol–water partition coefficient (Wildman–Crippen LogP) is 3.54. The van der Waals surface area contributed by atoms with Crippen LogP contribution < -0.4 is 4.74 Å². The molecule has 0 saturated heterocycles. The van der Waals surface area contributed by atoms with Crippen LogP contribution in [-0.2, 0) is 15.9 Å². The lowest BCUT2D eigenvalue weighted by molar-refractivity contribution is 0.0784. The molecule has 0 radical (unpaired) electrons. The van der Waals surface area contributed by atoms with Gasteiger partial charge >= 0.3 is 0 Å². The largest absolute Gasteiger partial charge is 0.498 e. The Morgan fingerprint density at radius 1 is 1.48 bits per heavy atom. The summed E-state index contributed by atoms with van der Waals surface area (Å²) in [7, 11) is 3.30. The SMILES string of the molecule is CC[C@@H](C)Oc1cc(-n2cnc3c2CC(OC)C(OC)=C3)sc1C#N. The number of thiophene rings is 1. The van der Waals surface area contributed by atoms with Crippen LogP contribution >= 0.6 is 11.3 Å². The second-order valence-corrected chi connectivity index (χ2v) is 6.88. The Kier molecular flexibility index (Phi) is 5.11. The molecule has 25 heavy (non-hydrogen) atoms. The number of rotatable bonds is 6. The van der Waals surface area contributed by atoms with Crippen molar-refractivity contribution in [3.05, 3.63) is 34.4 Å². The number of fused-ring (bicyclic) bond motifs is 1. The van der Waals surface area contributed by atoms with E-state index in [0.29, 0.717) is 17.0 Å². The summed E-state index contributed by atoms with van der Waals surface area (Å²) in [5.74, 6) is 1.40. The molecule has 0 aromatic carbocycles. The third-order valence-corrected chi connectivity index (χ3v) is 5.34. The van der Waals surface area contributed by atoms with Crippen LogP contribution in [0.2, 0.25) is 0 Å². The Labute approximate surface area is 151 Å². The van der Waals surface area contributed by atoms with Crippen molar-refractivity contribution < 1.29 is 14.2 Å². The molecule has 0 N–H and O–H groups in total. The molecule has 0 saturated carbocycles. The molecule has 0 spiro atoms. The first-order chi connectivity index (χ1) is 12.1. The van der Waals surface area contributed by atoms with Crippen LogP contribution in [0, 0.1) is 11.3 Å². The van der Waals surface area contributed by atoms with Gasteiger partial charge in [0, 0.05) is 25.7 Å². The van der Waals surface area contributed by atoms with Crippen molar-refractivity contribution in [1.29, 1.82) is 5.26 Å². The van der Waals surface area contributed by atoms with E-state index in [4.69, 9.17) is 14.2 Å². The Hall–Kier alpha value is -2.30. The fraction of sp³-hybridized carbons (Fsp3) is 0.444. The standard InChI is InChI=1S/C18H21N3O3S/c1-5-11(2)24-16-8-18(25-17(16)9-19)21-10-20-12-6-14(22-3)15(23-4)7-13(12)21/h6,8,10-11,15H,5,7H2,1-4H3/t11-,15?/m1/s1. The van der Waals surface area contributed by atoms with Crippen molar-refractivity contribution in [2.45, 2.75) is 38.9 Å². The minimum Gasteiger partial charge on any atom is -0.498 e. The molecule has 6 nitrogen and oxygen atoms in total. The molecule has 0 bridgehead atoms. The van der Waals surface area contributed by atoms with Gasteiger partial charge in [-0.25, -0.2) is 4.98 Å². The van der Waals surface area contributed by atoms with Gasteiger partial charge in [0.1, 0.15) is 34.1 Å². The van der Waals surface area contributed by atoms with Crippen LogP contribution in [-0.4, -0.2) is 36.0 Å². The molecule has 2 atom stereocenters. The van der Waals surface area contributed by atoms with E-state index in [1.807, 2.05) is 23.6 Å². The van der Waals surface area contributed by atoms with E-state index in [2.05, 4.69) is 18.0 Å². The molecule has 0 amide bonds. The molecule has 3 rings (SSSR count). The maximum Gasteiger partial charge on any atom is 0.150 e. The van der Waals surface area contributed by atoms with E-state index in [9.17, 15) is 5.26 Å². The van der Waals surface area contributed by atoms with Crippen LogP contribution in [0.4, 0.5) is 0 Å². The summed E-state index contributed by atoms with van der Waals surface area (Å²) in [6, 6.07) is 4.14. The van der Waals surface area contributed by atoms with Crippen molar-refractivity contribution in [2.75, 3.05) is 14.2 Å². The third kappa shape index (κ3) is 3.28. The van der Waals surface area contributed by atoms with Crippen molar-refractivity contribution in [2.24, 2.45) is 0 Å². The summed E-state index contributed by atoms with van der Waals surface area (Å²) in [4.78, 5) is 5.05. The summed E-state index contributed by atoms with van der Waals surface area (Å²) < 4.78 is 18.8. The van der Waals surface area contributed by atoms with E-state index >= 15 is 0 Å². The van der Waals surface area contributed by atoms with Crippen LogP contribution in [0.3, 0.4) is 0 Å². The molecule has 2 aromatic heterocycles. The maximum absolute atomic E-state index is 9.41. The van der Waals surface area contributed by atoms with E-state index in [-0.39, 0.29) is 12.2 Å². The quantitative estimate of drug-likeness (QED) is 0.789. The van der Waals surface area contributed by atoms with Gasteiger partial charge in [0.2, 0.25) is 0 Å². The van der Waals surface area contributed by atoms with Gasteiger partial charge in [-0.3, -0.25) is 4.57 Å². The molecule has 2 heterocycles. The first-order valence-electron chi connectivity index (χ1n) is 8.16. The van der Waals surface area contributed by atoms with Crippen LogP contribution in [0.25, 0.3) is 11.1 Å². The first kappa shape index (κ1) is 17.5. The molecular weight excluding hydrogens is 338 g/mol. The number of imidazole rings is 1. The smallest absolute Gasteiger partial charge is 0.150 e. The Morgan fingerprint density at radius 3 is 2.92 bits per heavy atom. The molecule has 132 valence electrons. The zero-order valence-corrected chi connectivity index (χ0v) is 15.6. The van der Waals surface area contributed by atoms with Gasteiger partial charge in [-0.05, 0) is 13.3 Å². The van der Waals surface area contributed by atoms with Gasteiger partial charge in [-0.2, -0.15) is 5.26 Å². The monoisotopic (exact) mass is 359 g/mol. The Bertz CT molecular complexity index is 831. The van der Waals surface area contributed by atoms with Gasteiger partial charge < -0.3 is 14.2 Å². The molecule has 0 aliphatic heterocycles. The van der Waals surface area contributed by atoms with Gasteiger partial charge in [-0.1, -0.05) is 6.92 Å². The second-order valence-electron chi connectivity index (χ2n) is 5.85. The van der Waals surface area contributed by atoms with Crippen molar-refractivity contribution >= 4 is 17.4 Å². The molecule has 2 aromatic rings. The first-order valence-corrected chi connectivity index (χ1v) is 8.98. The highest BCUT2D eigenvalue weighted by Crippen LogP contribution is 2.35. The Balaban J connectivity index is 1.99. The Morgan fingerprint density at radius 2 is 2.28 bits per heavy atom. The van der Waals surface area contributed by atoms with E-state index < -0.39 is 0 Å². The van der Waals surface area contributed by atoms with E-state index in [1.54, 1.807) is 20.5 Å². The second kappa shape index (κ2) is 7.30. The lowest BCUT2D eigenvalue weighted by atomic mass is 10.0. The number of methoxy groups -OCH3 is 2. The minimum absolute atomic E-state index is 0.0660. The fourth-order valence-corrected chi connectivity index (χ4v) is 3.63. The molecular formula is C18H21N3O3S. The van der Waals surface area contributed by atoms with Crippen LogP contribution in [0.1, 0.15) is 36.5 Å². The molecule has 1 aliphatic rings. The van der Waals surface area contributed by atoms with Gasteiger partial charge in [0.25, 0.3) is 0 Å². The van der Waals surface area contributed by atoms with Gasteiger partial charge in [-0.15, -0.1) is 11.3 Å². The summed E-state index contributed by atoms with van der Waals surface area (Å²) in [6.45, 7) is 4.05. The fourth-order valence-electron chi connectivity index (χ4n) is 2.74. The molecule has 7 heteroatoms.